The van der Waals surface area contributed by atoms with Crippen LogP contribution in [0.2, 0.25) is 0 Å². The fourth-order valence-electron chi connectivity index (χ4n) is 9.94. The van der Waals surface area contributed by atoms with Crippen molar-refractivity contribution in [1.82, 2.24) is 0 Å². The molecule has 35 heavy (non-hydrogen) atoms. The lowest BCUT2D eigenvalue weighted by Crippen LogP contribution is -2.59. The van der Waals surface area contributed by atoms with Crippen LogP contribution in [-0.4, -0.2) is 24.1 Å². The molecule has 4 aliphatic rings. The van der Waals surface area contributed by atoms with E-state index < -0.39 is 0 Å². The Morgan fingerprint density at radius 3 is 2.11 bits per heavy atom. The van der Waals surface area contributed by atoms with Gasteiger partial charge in [-0.25, -0.2) is 0 Å². The van der Waals surface area contributed by atoms with Crippen LogP contribution in [0.1, 0.15) is 119 Å². The van der Waals surface area contributed by atoms with Crippen molar-refractivity contribution in [3.8, 4) is 0 Å². The van der Waals surface area contributed by atoms with Crippen LogP contribution >= 0.6 is 0 Å². The molecule has 10 atom stereocenters. The van der Waals surface area contributed by atoms with Gasteiger partial charge in [0.1, 0.15) is 12.2 Å². The molecule has 0 amide bonds. The molecule has 0 N–H and O–H groups in total. The van der Waals surface area contributed by atoms with Crippen molar-refractivity contribution in [2.75, 3.05) is 0 Å². The van der Waals surface area contributed by atoms with Gasteiger partial charge in [-0.15, -0.1) is 0 Å². The van der Waals surface area contributed by atoms with E-state index >= 15 is 0 Å². The van der Waals surface area contributed by atoms with E-state index in [0.29, 0.717) is 23.2 Å². The van der Waals surface area contributed by atoms with E-state index in [4.69, 9.17) is 9.47 Å². The van der Waals surface area contributed by atoms with Crippen LogP contribution in [-0.2, 0) is 19.1 Å². The van der Waals surface area contributed by atoms with E-state index in [1.54, 1.807) is 6.92 Å². The number of ether oxygens (including phenoxy) is 2. The summed E-state index contributed by atoms with van der Waals surface area (Å²) in [6.45, 7) is 15.4. The molecule has 0 spiro atoms. The van der Waals surface area contributed by atoms with Gasteiger partial charge in [0.15, 0.2) is 0 Å². The maximum absolute atomic E-state index is 12.2. The molecular formula is C31H52O4. The topological polar surface area (TPSA) is 52.6 Å². The van der Waals surface area contributed by atoms with Gasteiger partial charge in [0.2, 0.25) is 0 Å². The van der Waals surface area contributed by atoms with Gasteiger partial charge in [-0.1, -0.05) is 53.9 Å². The van der Waals surface area contributed by atoms with Crippen LogP contribution in [0.3, 0.4) is 0 Å². The summed E-state index contributed by atoms with van der Waals surface area (Å²) in [5.41, 5.74) is 0.597. The highest BCUT2D eigenvalue weighted by atomic mass is 16.5. The van der Waals surface area contributed by atoms with Gasteiger partial charge < -0.3 is 9.47 Å². The van der Waals surface area contributed by atoms with E-state index in [1.807, 2.05) is 0 Å². The maximum Gasteiger partial charge on any atom is 0.302 e. The lowest BCUT2D eigenvalue weighted by molar-refractivity contribution is -0.197. The minimum atomic E-state index is -0.190. The normalized spacial score (nSPS) is 43.6. The highest BCUT2D eigenvalue weighted by Gasteiger charge is 2.63. The third-order valence-electron chi connectivity index (χ3n) is 11.5. The largest absolute Gasteiger partial charge is 0.463 e. The Morgan fingerprint density at radius 1 is 0.800 bits per heavy atom. The first-order valence-corrected chi connectivity index (χ1v) is 14.8. The monoisotopic (exact) mass is 488 g/mol. The van der Waals surface area contributed by atoms with Crippen LogP contribution in [0.4, 0.5) is 0 Å². The summed E-state index contributed by atoms with van der Waals surface area (Å²) < 4.78 is 11.7. The number of fused-ring (bicyclic) bond motifs is 5. The molecule has 0 saturated heterocycles. The van der Waals surface area contributed by atoms with Crippen molar-refractivity contribution < 1.29 is 19.1 Å². The second-order valence-electron chi connectivity index (χ2n) is 13.9. The number of carbonyl (C=O) groups is 2. The lowest BCUT2D eigenvalue weighted by Gasteiger charge is -2.62. The highest BCUT2D eigenvalue weighted by molar-refractivity contribution is 5.66. The molecule has 0 aromatic rings. The molecule has 0 aliphatic heterocycles. The number of rotatable bonds is 7. The Balaban J connectivity index is 1.54. The van der Waals surface area contributed by atoms with E-state index in [0.717, 1.165) is 49.4 Å². The first-order chi connectivity index (χ1) is 16.5. The summed E-state index contributed by atoms with van der Waals surface area (Å²) in [6.07, 6.45) is 13.3. The molecule has 0 bridgehead atoms. The standard InChI is InChI=1S/C31H52O4/c1-19(2)9-8-10-20(3)25-11-12-26-24-18-29(35-22(5)33)28-17-23(34-21(4)32)13-15-31(28,7)27(24)14-16-30(25,26)6/h19-20,23-29H,8-18H2,1-7H3/t20-,23-,24-,25+,26-,27-,28+,29+,30+,31+/m0/s1. The van der Waals surface area contributed by atoms with Gasteiger partial charge >= 0.3 is 11.9 Å². The Hall–Kier alpha value is -1.06. The average Bonchev–Trinajstić information content (AvgIpc) is 3.11. The number of esters is 2. The zero-order chi connectivity index (χ0) is 25.5. The van der Waals surface area contributed by atoms with E-state index in [9.17, 15) is 9.59 Å². The van der Waals surface area contributed by atoms with Crippen LogP contribution in [0, 0.1) is 52.3 Å². The van der Waals surface area contributed by atoms with Gasteiger partial charge in [-0.05, 0) is 97.7 Å². The summed E-state index contributed by atoms with van der Waals surface area (Å²) in [7, 11) is 0. The second kappa shape index (κ2) is 10.4. The smallest absolute Gasteiger partial charge is 0.302 e. The zero-order valence-electron chi connectivity index (χ0n) is 23.6. The van der Waals surface area contributed by atoms with Gasteiger partial charge in [-0.3, -0.25) is 9.59 Å². The molecule has 0 aromatic carbocycles. The van der Waals surface area contributed by atoms with Crippen molar-refractivity contribution >= 4 is 11.9 Å². The number of hydrogen-bond donors (Lipinski definition) is 0. The molecule has 4 nitrogen and oxygen atoms in total. The van der Waals surface area contributed by atoms with Gasteiger partial charge in [0, 0.05) is 19.8 Å². The van der Waals surface area contributed by atoms with E-state index in [2.05, 4.69) is 34.6 Å². The Kier molecular flexibility index (Phi) is 7.99. The number of hydrogen-bond acceptors (Lipinski definition) is 4. The van der Waals surface area contributed by atoms with Crippen molar-refractivity contribution in [1.29, 1.82) is 0 Å². The summed E-state index contributed by atoms with van der Waals surface area (Å²) in [6, 6.07) is 0. The molecule has 0 radical (unpaired) electrons. The van der Waals surface area contributed by atoms with E-state index in [1.165, 1.54) is 51.9 Å². The van der Waals surface area contributed by atoms with Gasteiger partial charge in [-0.2, -0.15) is 0 Å². The van der Waals surface area contributed by atoms with Gasteiger partial charge in [0.05, 0.1) is 0 Å². The summed E-state index contributed by atoms with van der Waals surface area (Å²) in [5, 5.41) is 0. The first kappa shape index (κ1) is 27.0. The summed E-state index contributed by atoms with van der Waals surface area (Å²) in [5.74, 6) is 4.48. The highest BCUT2D eigenvalue weighted by Crippen LogP contribution is 2.68. The van der Waals surface area contributed by atoms with Crippen molar-refractivity contribution in [3.63, 3.8) is 0 Å². The molecule has 4 aliphatic carbocycles. The minimum absolute atomic E-state index is 0.0309. The van der Waals surface area contributed by atoms with E-state index in [-0.39, 0.29) is 29.6 Å². The predicted molar refractivity (Wildman–Crippen MR) is 140 cm³/mol. The van der Waals surface area contributed by atoms with Crippen LogP contribution in [0.25, 0.3) is 0 Å². The summed E-state index contributed by atoms with van der Waals surface area (Å²) >= 11 is 0. The summed E-state index contributed by atoms with van der Waals surface area (Å²) in [4.78, 5) is 23.9. The SMILES string of the molecule is CC(=O)O[C@H]1CC[C@@]2(C)[C@H](C1)[C@H](OC(C)=O)C[C@@H]1[C@@H]2CC[C@]2(C)[C@@H]([C@@H](C)CCCC(C)C)CC[C@@H]12. The van der Waals surface area contributed by atoms with Crippen molar-refractivity contribution in [2.24, 2.45) is 52.3 Å². The predicted octanol–water partition coefficient (Wildman–Crippen LogP) is 7.58. The Labute approximate surface area is 214 Å². The molecule has 0 heterocycles. The molecule has 0 unspecified atom stereocenters. The lowest BCUT2D eigenvalue weighted by atomic mass is 9.43. The Morgan fingerprint density at radius 2 is 1.46 bits per heavy atom. The van der Waals surface area contributed by atoms with Crippen LogP contribution in [0.5, 0.6) is 0 Å². The molecule has 4 saturated carbocycles. The molecule has 0 aromatic heterocycles. The van der Waals surface area contributed by atoms with Crippen LogP contribution in [0.15, 0.2) is 0 Å². The number of carbonyl (C=O) groups excluding carboxylic acids is 2. The maximum atomic E-state index is 12.2. The zero-order valence-corrected chi connectivity index (χ0v) is 23.6. The minimum Gasteiger partial charge on any atom is -0.463 e. The quantitative estimate of drug-likeness (QED) is 0.347. The molecule has 4 heteroatoms. The van der Waals surface area contributed by atoms with Crippen LogP contribution < -0.4 is 0 Å². The second-order valence-corrected chi connectivity index (χ2v) is 13.9. The Bertz CT molecular complexity index is 776. The van der Waals surface area contributed by atoms with Gasteiger partial charge in [0.25, 0.3) is 0 Å². The molecule has 4 rings (SSSR count). The molecule has 4 fully saturated rings. The van der Waals surface area contributed by atoms with Crippen molar-refractivity contribution in [2.45, 2.75) is 131 Å². The fourth-order valence-corrected chi connectivity index (χ4v) is 9.94. The molecular weight excluding hydrogens is 436 g/mol. The third-order valence-corrected chi connectivity index (χ3v) is 11.5. The molecule has 200 valence electrons. The average molecular weight is 489 g/mol. The fraction of sp³-hybridized carbons (Fsp3) is 0.935. The van der Waals surface area contributed by atoms with Crippen molar-refractivity contribution in [3.05, 3.63) is 0 Å². The first-order valence-electron chi connectivity index (χ1n) is 14.8. The third kappa shape index (κ3) is 5.19.